The van der Waals surface area contributed by atoms with Crippen molar-refractivity contribution in [1.29, 1.82) is 5.26 Å². The van der Waals surface area contributed by atoms with Crippen molar-refractivity contribution in [2.24, 2.45) is 16.1 Å². The summed E-state index contributed by atoms with van der Waals surface area (Å²) in [6, 6.07) is 28.7. The van der Waals surface area contributed by atoms with E-state index in [0.717, 1.165) is 64.0 Å². The van der Waals surface area contributed by atoms with Gasteiger partial charge in [0.05, 0.1) is 46.9 Å². The van der Waals surface area contributed by atoms with Crippen LogP contribution in [0.3, 0.4) is 0 Å². The third-order valence-electron chi connectivity index (χ3n) is 14.1. The van der Waals surface area contributed by atoms with E-state index in [1.165, 1.54) is 26.3 Å². The van der Waals surface area contributed by atoms with Gasteiger partial charge >= 0.3 is 12.1 Å². The molecule has 0 unspecified atom stereocenters. The molecule has 0 aliphatic carbocycles. The number of amides is 3. The number of hydrogen-bond donors (Lipinski definition) is 0. The van der Waals surface area contributed by atoms with Gasteiger partial charge in [-0.2, -0.15) is 20.1 Å². The lowest BCUT2D eigenvalue weighted by molar-refractivity contribution is -0.686. The largest absolute Gasteiger partial charge is 0.493 e. The van der Waals surface area contributed by atoms with Crippen molar-refractivity contribution in [3.63, 3.8) is 0 Å². The van der Waals surface area contributed by atoms with Crippen LogP contribution in [-0.4, -0.2) is 115 Å². The Labute approximate surface area is 427 Å². The smallest absolute Gasteiger partial charge is 0.409 e. The number of nitriles is 1. The van der Waals surface area contributed by atoms with E-state index >= 15 is 0 Å². The van der Waals surface area contributed by atoms with E-state index in [4.69, 9.17) is 28.9 Å². The zero-order valence-corrected chi connectivity index (χ0v) is 41.9. The molecule has 3 amide bonds. The number of carbonyl (C=O) groups is 3. The summed E-state index contributed by atoms with van der Waals surface area (Å²) >= 11 is 0. The molecule has 7 aromatic rings. The van der Waals surface area contributed by atoms with E-state index in [1.807, 2.05) is 72.6 Å². The first kappa shape index (κ1) is 48.8. The number of methoxy groups -OCH3 is 1. The first-order valence-corrected chi connectivity index (χ1v) is 24.5. The molecule has 19 nitrogen and oxygen atoms in total. The normalized spacial score (nSPS) is 15.6. The maximum Gasteiger partial charge on any atom is 0.409 e. The van der Waals surface area contributed by atoms with Crippen molar-refractivity contribution in [3.05, 3.63) is 120 Å². The lowest BCUT2D eigenvalue weighted by atomic mass is 9.92. The van der Waals surface area contributed by atoms with Gasteiger partial charge in [-0.3, -0.25) is 9.36 Å². The molecule has 6 heterocycles. The monoisotopic (exact) mass is 998 g/mol. The Morgan fingerprint density at radius 2 is 1.59 bits per heavy atom. The number of pyridine rings is 1. The molecule has 0 bridgehead atoms. The van der Waals surface area contributed by atoms with Crippen molar-refractivity contribution < 1.29 is 42.6 Å². The van der Waals surface area contributed by atoms with Crippen LogP contribution in [0.4, 0.5) is 26.8 Å². The van der Waals surface area contributed by atoms with Gasteiger partial charge < -0.3 is 43.3 Å². The van der Waals surface area contributed by atoms with E-state index in [1.54, 1.807) is 38.4 Å². The van der Waals surface area contributed by atoms with E-state index in [9.17, 15) is 14.4 Å². The maximum absolute atomic E-state index is 13.7. The summed E-state index contributed by atoms with van der Waals surface area (Å²) < 4.78 is 32.9. The SMILES string of the molecule is COc1ccc2cc3[n+](cc2c1OCc1ccc(N=Nc2ccc(COC(=O)N(C)CCN(C)C(=O)n4ccc5c(N(C)[C@@H]6CN(C(=O)CC#N)CC[C@@H]6C)ncnc54)cc2)cc1)CCc1cc2c(cc1-3)OCO2. The summed E-state index contributed by atoms with van der Waals surface area (Å²) in [6.07, 6.45) is 6.22. The molecule has 74 heavy (non-hydrogen) atoms. The Morgan fingerprint density at radius 1 is 0.878 bits per heavy atom. The Bertz CT molecular complexity index is 3340. The van der Waals surface area contributed by atoms with Gasteiger partial charge in [-0.1, -0.05) is 31.2 Å². The molecule has 0 spiro atoms. The Balaban J connectivity index is 0.691. The summed E-state index contributed by atoms with van der Waals surface area (Å²) in [5.41, 5.74) is 6.98. The van der Waals surface area contributed by atoms with Crippen LogP contribution < -0.4 is 28.4 Å². The molecule has 0 radical (unpaired) electrons. The van der Waals surface area contributed by atoms with Crippen molar-refractivity contribution >= 4 is 57.0 Å². The van der Waals surface area contributed by atoms with Gasteiger partial charge in [0.25, 0.3) is 0 Å². The third-order valence-corrected chi connectivity index (χ3v) is 14.1. The van der Waals surface area contributed by atoms with Crippen molar-refractivity contribution in [1.82, 2.24) is 29.2 Å². The number of carbonyl (C=O) groups excluding carboxylic acids is 3. The van der Waals surface area contributed by atoms with Gasteiger partial charge in [0, 0.05) is 66.0 Å². The van der Waals surface area contributed by atoms with Crippen molar-refractivity contribution in [3.8, 4) is 40.3 Å². The van der Waals surface area contributed by atoms with Crippen LogP contribution in [0.15, 0.2) is 114 Å². The highest BCUT2D eigenvalue weighted by Crippen LogP contribution is 2.42. The van der Waals surface area contributed by atoms with Crippen LogP contribution >= 0.6 is 0 Å². The fraction of sp³-hybridized carbons (Fsp3) is 0.327. The van der Waals surface area contributed by atoms with Crippen molar-refractivity contribution in [2.75, 3.05) is 66.1 Å². The van der Waals surface area contributed by atoms with Gasteiger partial charge in [-0.25, -0.2) is 19.6 Å². The number of piperidine rings is 1. The van der Waals surface area contributed by atoms with Crippen LogP contribution in [0.2, 0.25) is 0 Å². The Hall–Kier alpha value is -8.79. The molecule has 0 saturated carbocycles. The van der Waals surface area contributed by atoms with E-state index in [-0.39, 0.29) is 56.8 Å². The molecule has 3 aromatic heterocycles. The lowest BCUT2D eigenvalue weighted by Crippen LogP contribution is -2.52. The van der Waals surface area contributed by atoms with Crippen LogP contribution in [0.1, 0.15) is 36.5 Å². The predicted octanol–water partition coefficient (Wildman–Crippen LogP) is 8.58. The number of fused-ring (bicyclic) bond motifs is 6. The summed E-state index contributed by atoms with van der Waals surface area (Å²) in [5, 5.41) is 20.6. The number of hydrogen-bond acceptors (Lipinski definition) is 14. The van der Waals surface area contributed by atoms with Gasteiger partial charge in [0.15, 0.2) is 41.4 Å². The zero-order valence-electron chi connectivity index (χ0n) is 41.9. The molecule has 1 saturated heterocycles. The number of aryl methyl sites for hydroxylation is 2. The van der Waals surface area contributed by atoms with Crippen LogP contribution in [0.25, 0.3) is 33.1 Å². The second-order valence-corrected chi connectivity index (χ2v) is 18.8. The van der Waals surface area contributed by atoms with E-state index in [0.29, 0.717) is 59.4 Å². The molecule has 4 aromatic carbocycles. The predicted molar refractivity (Wildman–Crippen MR) is 274 cm³/mol. The first-order valence-electron chi connectivity index (χ1n) is 24.5. The number of ether oxygens (including phenoxy) is 5. The van der Waals surface area contributed by atoms with Gasteiger partial charge in [0.2, 0.25) is 18.4 Å². The summed E-state index contributed by atoms with van der Waals surface area (Å²) in [5.74, 6) is 3.62. The lowest BCUT2D eigenvalue weighted by Gasteiger charge is -2.42. The topological polar surface area (TPSA) is 193 Å². The molecular formula is C55H56N11O8+. The van der Waals surface area contributed by atoms with Gasteiger partial charge in [0.1, 0.15) is 31.8 Å². The molecule has 3 aliphatic heterocycles. The first-order chi connectivity index (χ1) is 36.0. The summed E-state index contributed by atoms with van der Waals surface area (Å²) in [6.45, 7) is 5.11. The number of rotatable bonds is 14. The quantitative estimate of drug-likeness (QED) is 0.0745. The average Bonchev–Trinajstić information content (AvgIpc) is 4.09. The van der Waals surface area contributed by atoms with Crippen LogP contribution in [0, 0.1) is 17.2 Å². The molecule has 2 atom stereocenters. The third kappa shape index (κ3) is 10.0. The highest BCUT2D eigenvalue weighted by Gasteiger charge is 2.34. The standard InChI is InChI=1S/C55H56N11O8/c1-35-17-21-65(50(67)16-20-56)30-46(35)63(4)52-42-19-23-66(53(42)58-33-57-52)54(68)61(2)24-25-62(3)55(69)72-32-37-8-13-41(14-9-37)60-59-40-11-6-36(7-12-40)31-71-51-44-29-64-22-18-39-27-48-49(74-34-73-48)28-43(39)45(64)26-38(44)10-15-47(51)70-5/h6-15,19,23,26-29,33,35,46H,16-18,21-22,24-25,30-32,34H2,1-5H3/q+1/t35-,46+/m0/s1. The maximum atomic E-state index is 13.7. The van der Waals surface area contributed by atoms with Gasteiger partial charge in [-0.15, -0.1) is 0 Å². The number of anilines is 1. The molecule has 1 fully saturated rings. The number of aromatic nitrogens is 4. The fourth-order valence-corrected chi connectivity index (χ4v) is 9.71. The summed E-state index contributed by atoms with van der Waals surface area (Å²) in [4.78, 5) is 54.9. The number of benzene rings is 4. The molecule has 0 N–H and O–H groups in total. The number of likely N-dealkylation sites (tertiary alicyclic amines) is 1. The Kier molecular flexibility index (Phi) is 13.9. The van der Waals surface area contributed by atoms with Crippen LogP contribution in [-0.2, 0) is 35.7 Å². The minimum absolute atomic E-state index is 0.0440. The van der Waals surface area contributed by atoms with Gasteiger partial charge in [-0.05, 0) is 89.0 Å². The second kappa shape index (κ2) is 21.1. The van der Waals surface area contributed by atoms with E-state index in [2.05, 4.69) is 62.1 Å². The number of likely N-dealkylation sites (N-methyl/N-ethyl adjacent to an activating group) is 3. The van der Waals surface area contributed by atoms with E-state index < -0.39 is 6.09 Å². The van der Waals surface area contributed by atoms with Crippen LogP contribution in [0.5, 0.6) is 23.0 Å². The number of nitrogens with zero attached hydrogens (tertiary/aromatic N) is 11. The highest BCUT2D eigenvalue weighted by atomic mass is 16.7. The van der Waals surface area contributed by atoms with Crippen molar-refractivity contribution in [2.45, 2.75) is 52.0 Å². The molecule has 19 heteroatoms. The molecule has 10 rings (SSSR count). The minimum atomic E-state index is -0.532. The number of azo groups is 1. The average molecular weight is 999 g/mol. The minimum Gasteiger partial charge on any atom is -0.493 e. The molecular weight excluding hydrogens is 943 g/mol. The zero-order chi connectivity index (χ0) is 51.5. The fourth-order valence-electron chi connectivity index (χ4n) is 9.71. The second-order valence-electron chi connectivity index (χ2n) is 18.8. The molecule has 378 valence electrons. The highest BCUT2D eigenvalue weighted by molar-refractivity contribution is 5.95. The molecule has 3 aliphatic rings. The summed E-state index contributed by atoms with van der Waals surface area (Å²) in [7, 11) is 6.85. The Morgan fingerprint density at radius 3 is 2.32 bits per heavy atom.